The molecule has 2 fully saturated rings. The third-order valence-corrected chi connectivity index (χ3v) is 6.15. The Morgan fingerprint density at radius 2 is 2.00 bits per heavy atom. The Labute approximate surface area is 166 Å². The van der Waals surface area contributed by atoms with Gasteiger partial charge < -0.3 is 10.2 Å². The highest BCUT2D eigenvalue weighted by Gasteiger charge is 2.44. The van der Waals surface area contributed by atoms with Crippen LogP contribution in [0.15, 0.2) is 28.4 Å². The molecule has 150 valence electrons. The molecule has 1 amide bonds. The molecular weight excluding hydrogens is 384 g/mol. The molecule has 0 spiro atoms. The summed E-state index contributed by atoms with van der Waals surface area (Å²) in [4.78, 5) is 18.1. The Hall–Kier alpha value is -2.03. The van der Waals surface area contributed by atoms with Gasteiger partial charge in [-0.3, -0.25) is 4.79 Å². The average molecular weight is 407 g/mol. The molecule has 0 bridgehead atoms. The van der Waals surface area contributed by atoms with Crippen LogP contribution in [0.25, 0.3) is 0 Å². The Kier molecular flexibility index (Phi) is 5.61. The highest BCUT2D eigenvalue weighted by atomic mass is 32.2. The third kappa shape index (κ3) is 4.68. The van der Waals surface area contributed by atoms with Gasteiger partial charge in [0.25, 0.3) is 5.92 Å². The quantitative estimate of drug-likeness (QED) is 0.832. The number of rotatable bonds is 4. The van der Waals surface area contributed by atoms with E-state index in [1.165, 1.54) is 48.8 Å². The number of amidine groups is 1. The van der Waals surface area contributed by atoms with E-state index in [0.29, 0.717) is 22.6 Å². The summed E-state index contributed by atoms with van der Waals surface area (Å²) in [7, 11) is 0. The lowest BCUT2D eigenvalue weighted by Gasteiger charge is -2.39. The predicted octanol–water partition coefficient (Wildman–Crippen LogP) is 3.23. The number of hydrogen-bond acceptors (Lipinski definition) is 6. The molecule has 0 unspecified atom stereocenters. The van der Waals surface area contributed by atoms with E-state index in [4.69, 9.17) is 0 Å². The Morgan fingerprint density at radius 3 is 2.68 bits per heavy atom. The minimum Gasteiger partial charge on any atom is -0.344 e. The van der Waals surface area contributed by atoms with Gasteiger partial charge in [-0.2, -0.15) is 5.10 Å². The van der Waals surface area contributed by atoms with Crippen LogP contribution in [0.2, 0.25) is 0 Å². The zero-order valence-corrected chi connectivity index (χ0v) is 16.4. The number of nitrogens with one attached hydrogen (secondary N) is 1. The standard InChI is InChI=1S/C19H23F2N5OS/c20-19(21)11-26(12-19)16-8-4-7-14(22-16)9-17(27)23-18-25-24-15(10-28-18)13-5-2-1-3-6-13/h4,7-8,13H,1-3,5-6,9-12H2,(H,23,25,27). The van der Waals surface area contributed by atoms with Gasteiger partial charge in [-0.05, 0) is 30.9 Å². The number of alkyl halides is 2. The summed E-state index contributed by atoms with van der Waals surface area (Å²) in [5.74, 6) is -1.12. The molecule has 4 rings (SSSR count). The maximum absolute atomic E-state index is 13.0. The molecule has 0 aromatic carbocycles. The molecule has 6 nitrogen and oxygen atoms in total. The zero-order chi connectivity index (χ0) is 19.6. The van der Waals surface area contributed by atoms with Crippen molar-refractivity contribution in [2.24, 2.45) is 16.1 Å². The summed E-state index contributed by atoms with van der Waals surface area (Å²) in [5, 5.41) is 11.8. The van der Waals surface area contributed by atoms with Crippen LogP contribution >= 0.6 is 11.8 Å². The topological polar surface area (TPSA) is 70.0 Å². The first-order chi connectivity index (χ1) is 13.5. The predicted molar refractivity (Wildman–Crippen MR) is 107 cm³/mol. The number of amides is 1. The van der Waals surface area contributed by atoms with Gasteiger partial charge in [-0.15, -0.1) is 5.10 Å². The van der Waals surface area contributed by atoms with Crippen molar-refractivity contribution < 1.29 is 13.6 Å². The summed E-state index contributed by atoms with van der Waals surface area (Å²) < 4.78 is 26.1. The molecule has 1 N–H and O–H groups in total. The molecule has 0 radical (unpaired) electrons. The van der Waals surface area contributed by atoms with E-state index in [9.17, 15) is 13.6 Å². The van der Waals surface area contributed by atoms with Crippen LogP contribution in [0.5, 0.6) is 0 Å². The SMILES string of the molecule is O=C(Cc1cccc(N2CC(F)(F)C2)n1)NC1=NN=C(C2CCCCC2)CS1. The van der Waals surface area contributed by atoms with E-state index in [0.717, 1.165) is 11.5 Å². The summed E-state index contributed by atoms with van der Waals surface area (Å²) in [6, 6.07) is 5.13. The number of hydrogen-bond donors (Lipinski definition) is 1. The molecule has 2 aliphatic heterocycles. The molecular formula is C19H23F2N5OS. The van der Waals surface area contributed by atoms with E-state index in [1.807, 2.05) is 0 Å². The van der Waals surface area contributed by atoms with Crippen LogP contribution in [0.4, 0.5) is 14.6 Å². The third-order valence-electron chi connectivity index (χ3n) is 5.25. The van der Waals surface area contributed by atoms with Gasteiger partial charge in [-0.25, -0.2) is 13.8 Å². The fourth-order valence-corrected chi connectivity index (χ4v) is 4.61. The first-order valence-corrected chi connectivity index (χ1v) is 10.6. The van der Waals surface area contributed by atoms with Crippen LogP contribution in [0, 0.1) is 5.92 Å². The Bertz CT molecular complexity index is 799. The van der Waals surface area contributed by atoms with Gasteiger partial charge in [0.2, 0.25) is 5.91 Å². The molecule has 1 saturated heterocycles. The molecule has 1 aromatic rings. The van der Waals surface area contributed by atoms with Crippen molar-refractivity contribution in [1.82, 2.24) is 10.3 Å². The van der Waals surface area contributed by atoms with Gasteiger partial charge in [0.15, 0.2) is 5.17 Å². The van der Waals surface area contributed by atoms with Crippen molar-refractivity contribution in [1.29, 1.82) is 0 Å². The second-order valence-corrected chi connectivity index (χ2v) is 8.51. The van der Waals surface area contributed by atoms with Crippen LogP contribution in [0.1, 0.15) is 37.8 Å². The van der Waals surface area contributed by atoms with E-state index >= 15 is 0 Å². The average Bonchev–Trinajstić information content (AvgIpc) is 2.67. The lowest BCUT2D eigenvalue weighted by molar-refractivity contribution is -0.119. The number of carbonyl (C=O) groups is 1. The van der Waals surface area contributed by atoms with E-state index in [2.05, 4.69) is 20.5 Å². The molecule has 28 heavy (non-hydrogen) atoms. The molecule has 1 saturated carbocycles. The van der Waals surface area contributed by atoms with E-state index in [1.54, 1.807) is 18.2 Å². The van der Waals surface area contributed by atoms with Crippen molar-refractivity contribution in [2.45, 2.75) is 44.4 Å². The molecule has 1 aromatic heterocycles. The minimum atomic E-state index is -2.65. The van der Waals surface area contributed by atoms with Crippen molar-refractivity contribution in [3.63, 3.8) is 0 Å². The van der Waals surface area contributed by atoms with Gasteiger partial charge in [0, 0.05) is 5.75 Å². The second-order valence-electron chi connectivity index (χ2n) is 7.54. The molecule has 1 aliphatic carbocycles. The number of carbonyl (C=O) groups excluding carboxylic acids is 1. The first kappa shape index (κ1) is 19.3. The zero-order valence-electron chi connectivity index (χ0n) is 15.5. The lowest BCUT2D eigenvalue weighted by atomic mass is 9.86. The number of nitrogens with zero attached hydrogens (tertiary/aromatic N) is 4. The second kappa shape index (κ2) is 8.14. The van der Waals surface area contributed by atoms with Crippen molar-refractivity contribution in [2.75, 3.05) is 23.7 Å². The van der Waals surface area contributed by atoms with Gasteiger partial charge in [-0.1, -0.05) is 37.1 Å². The highest BCUT2D eigenvalue weighted by Crippen LogP contribution is 2.30. The van der Waals surface area contributed by atoms with Crippen LogP contribution in [0.3, 0.4) is 0 Å². The fraction of sp³-hybridized carbons (Fsp3) is 0.579. The van der Waals surface area contributed by atoms with Crippen molar-refractivity contribution in [3.8, 4) is 0 Å². The van der Waals surface area contributed by atoms with Gasteiger partial charge >= 0.3 is 0 Å². The maximum Gasteiger partial charge on any atom is 0.282 e. The molecule has 9 heteroatoms. The van der Waals surface area contributed by atoms with Crippen LogP contribution in [-0.4, -0.2) is 46.5 Å². The van der Waals surface area contributed by atoms with Crippen LogP contribution < -0.4 is 10.2 Å². The van der Waals surface area contributed by atoms with Crippen molar-refractivity contribution in [3.05, 3.63) is 23.9 Å². The first-order valence-electron chi connectivity index (χ1n) is 9.64. The lowest BCUT2D eigenvalue weighted by Crippen LogP contribution is -2.56. The number of thioether (sulfide) groups is 1. The summed E-state index contributed by atoms with van der Waals surface area (Å²) in [5.41, 5.74) is 1.67. The number of anilines is 1. The van der Waals surface area contributed by atoms with E-state index in [-0.39, 0.29) is 25.4 Å². The molecule has 0 atom stereocenters. The Balaban J connectivity index is 1.31. The summed E-state index contributed by atoms with van der Waals surface area (Å²) in [6.07, 6.45) is 6.24. The number of halogens is 2. The largest absolute Gasteiger partial charge is 0.344 e. The van der Waals surface area contributed by atoms with Gasteiger partial charge in [0.05, 0.1) is 30.9 Å². The van der Waals surface area contributed by atoms with Crippen molar-refractivity contribution >= 4 is 34.4 Å². The summed E-state index contributed by atoms with van der Waals surface area (Å²) in [6.45, 7) is -0.658. The molecule has 3 heterocycles. The normalized spacial score (nSPS) is 22.1. The summed E-state index contributed by atoms with van der Waals surface area (Å²) >= 11 is 1.50. The Morgan fingerprint density at radius 1 is 1.21 bits per heavy atom. The number of aromatic nitrogens is 1. The monoisotopic (exact) mass is 407 g/mol. The van der Waals surface area contributed by atoms with Gasteiger partial charge in [0.1, 0.15) is 5.82 Å². The number of pyridine rings is 1. The molecule has 3 aliphatic rings. The maximum atomic E-state index is 13.0. The van der Waals surface area contributed by atoms with E-state index < -0.39 is 5.92 Å². The fourth-order valence-electron chi connectivity index (χ4n) is 3.75. The minimum absolute atomic E-state index is 0.0663. The smallest absolute Gasteiger partial charge is 0.282 e. The highest BCUT2D eigenvalue weighted by molar-refractivity contribution is 8.14. The van der Waals surface area contributed by atoms with Crippen LogP contribution in [-0.2, 0) is 11.2 Å².